The maximum Gasteiger partial charge on any atom is 0.416 e. The third kappa shape index (κ3) is 3.99. The average molecular weight is 394 g/mol. The highest BCUT2D eigenvalue weighted by Crippen LogP contribution is 2.33. The van der Waals surface area contributed by atoms with E-state index in [0.717, 1.165) is 24.7 Å². The molecule has 0 spiro atoms. The lowest BCUT2D eigenvalue weighted by atomic mass is 10.00. The average Bonchev–Trinajstić information content (AvgIpc) is 2.99. The molecule has 1 aromatic carbocycles. The number of benzene rings is 1. The summed E-state index contributed by atoms with van der Waals surface area (Å²) in [6.45, 7) is 0.815. The zero-order valence-electron chi connectivity index (χ0n) is 12.9. The van der Waals surface area contributed by atoms with E-state index in [-0.39, 0.29) is 17.4 Å². The molecule has 0 amide bonds. The van der Waals surface area contributed by atoms with Crippen molar-refractivity contribution in [2.75, 3.05) is 6.54 Å². The lowest BCUT2D eigenvalue weighted by molar-refractivity contribution is -0.137. The minimum atomic E-state index is -4.58. The lowest BCUT2D eigenvalue weighted by Gasteiger charge is -2.24. The third-order valence-electron chi connectivity index (χ3n) is 4.14. The van der Waals surface area contributed by atoms with E-state index in [2.05, 4.69) is 9.71 Å². The molecule has 0 fully saturated rings. The zero-order chi connectivity index (χ0) is 18.2. The van der Waals surface area contributed by atoms with Crippen LogP contribution in [0.3, 0.4) is 0 Å². The van der Waals surface area contributed by atoms with E-state index in [0.29, 0.717) is 18.7 Å². The maximum atomic E-state index is 12.7. The minimum absolute atomic E-state index is 0.0738. The van der Waals surface area contributed by atoms with Crippen LogP contribution in [-0.2, 0) is 29.2 Å². The van der Waals surface area contributed by atoms with E-state index in [4.69, 9.17) is 11.6 Å². The number of alkyl halides is 3. The normalized spacial score (nSPS) is 18.2. The molecule has 1 aromatic heterocycles. The maximum absolute atomic E-state index is 12.7. The monoisotopic (exact) mass is 393 g/mol. The Kier molecular flexibility index (Phi) is 4.82. The fourth-order valence-electron chi connectivity index (χ4n) is 2.80. The highest BCUT2D eigenvalue weighted by molar-refractivity contribution is 7.89. The summed E-state index contributed by atoms with van der Waals surface area (Å²) in [4.78, 5) is 3.84. The molecule has 1 aliphatic heterocycles. The van der Waals surface area contributed by atoms with Gasteiger partial charge in [0.05, 0.1) is 10.6 Å². The molecular formula is C15H15ClF3N3O2S. The van der Waals surface area contributed by atoms with Crippen molar-refractivity contribution >= 4 is 21.6 Å². The number of nitrogens with one attached hydrogen (secondary N) is 1. The number of aryl methyl sites for hydroxylation is 1. The summed E-state index contributed by atoms with van der Waals surface area (Å²) >= 11 is 5.76. The van der Waals surface area contributed by atoms with Gasteiger partial charge in [-0.25, -0.2) is 18.1 Å². The van der Waals surface area contributed by atoms with Crippen LogP contribution in [0.1, 0.15) is 17.8 Å². The number of fused-ring (bicyclic) bond motifs is 1. The molecule has 0 saturated carbocycles. The van der Waals surface area contributed by atoms with E-state index in [1.54, 1.807) is 6.20 Å². The molecule has 0 bridgehead atoms. The molecule has 2 heterocycles. The second kappa shape index (κ2) is 6.62. The molecular weight excluding hydrogens is 379 g/mol. The molecule has 0 saturated heterocycles. The first kappa shape index (κ1) is 18.2. The first-order valence-electron chi connectivity index (χ1n) is 7.53. The van der Waals surface area contributed by atoms with Crippen molar-refractivity contribution in [2.24, 2.45) is 5.92 Å². The standard InChI is InChI=1S/C15H15ClF3N3O2S/c16-12-7-11(15(17,18)19)2-3-13(12)25(23,24)21-8-10-1-4-14-20-5-6-22(14)9-10/h2-3,5-7,10,21H,1,4,8-9H2. The Morgan fingerprint density at radius 1 is 1.36 bits per heavy atom. The molecule has 0 aliphatic carbocycles. The first-order chi connectivity index (χ1) is 11.7. The Hall–Kier alpha value is -1.58. The van der Waals surface area contributed by atoms with Crippen molar-refractivity contribution in [1.82, 2.24) is 14.3 Å². The van der Waals surface area contributed by atoms with Crippen LogP contribution in [0.4, 0.5) is 13.2 Å². The van der Waals surface area contributed by atoms with Crippen molar-refractivity contribution < 1.29 is 21.6 Å². The SMILES string of the molecule is O=S(=O)(NCC1CCc2nccn2C1)c1ccc(C(F)(F)F)cc1Cl. The number of halogens is 4. The number of sulfonamides is 1. The topological polar surface area (TPSA) is 64.0 Å². The molecule has 2 aromatic rings. The van der Waals surface area contributed by atoms with E-state index >= 15 is 0 Å². The van der Waals surface area contributed by atoms with Crippen LogP contribution in [0.2, 0.25) is 5.02 Å². The van der Waals surface area contributed by atoms with E-state index in [9.17, 15) is 21.6 Å². The van der Waals surface area contributed by atoms with Gasteiger partial charge in [-0.1, -0.05) is 11.6 Å². The third-order valence-corrected chi connectivity index (χ3v) is 6.05. The van der Waals surface area contributed by atoms with Gasteiger partial charge in [0.1, 0.15) is 10.7 Å². The van der Waals surface area contributed by atoms with Crippen LogP contribution in [0.15, 0.2) is 35.5 Å². The summed E-state index contributed by atoms with van der Waals surface area (Å²) in [6, 6.07) is 2.20. The molecule has 1 unspecified atom stereocenters. The molecule has 3 rings (SSSR count). The first-order valence-corrected chi connectivity index (χ1v) is 9.39. The van der Waals surface area contributed by atoms with Gasteiger partial charge in [0, 0.05) is 31.9 Å². The van der Waals surface area contributed by atoms with Gasteiger partial charge in [-0.15, -0.1) is 0 Å². The van der Waals surface area contributed by atoms with Crippen LogP contribution < -0.4 is 4.72 Å². The minimum Gasteiger partial charge on any atom is -0.335 e. The number of hydrogen-bond donors (Lipinski definition) is 1. The van der Waals surface area contributed by atoms with Gasteiger partial charge in [-0.2, -0.15) is 13.2 Å². The molecule has 0 radical (unpaired) electrons. The van der Waals surface area contributed by atoms with Crippen LogP contribution >= 0.6 is 11.6 Å². The number of aromatic nitrogens is 2. The summed E-state index contributed by atoms with van der Waals surface area (Å²) < 4.78 is 67.1. The molecule has 136 valence electrons. The largest absolute Gasteiger partial charge is 0.416 e. The fraction of sp³-hybridized carbons (Fsp3) is 0.400. The van der Waals surface area contributed by atoms with Gasteiger partial charge < -0.3 is 4.57 Å². The van der Waals surface area contributed by atoms with Crippen LogP contribution in [0, 0.1) is 5.92 Å². The molecule has 1 atom stereocenters. The molecule has 25 heavy (non-hydrogen) atoms. The second-order valence-electron chi connectivity index (χ2n) is 5.90. The van der Waals surface area contributed by atoms with Crippen LogP contribution in [0.5, 0.6) is 0 Å². The van der Waals surface area contributed by atoms with Crippen LogP contribution in [0.25, 0.3) is 0 Å². The van der Waals surface area contributed by atoms with Crippen molar-refractivity contribution in [3.63, 3.8) is 0 Å². The Balaban J connectivity index is 1.70. The number of imidazole rings is 1. The predicted octanol–water partition coefficient (Wildman–Crippen LogP) is 3.10. The predicted molar refractivity (Wildman–Crippen MR) is 85.7 cm³/mol. The molecule has 5 nitrogen and oxygen atoms in total. The van der Waals surface area contributed by atoms with Crippen molar-refractivity contribution in [3.05, 3.63) is 47.0 Å². The zero-order valence-corrected chi connectivity index (χ0v) is 14.5. The molecule has 1 N–H and O–H groups in total. The van der Waals surface area contributed by atoms with Gasteiger partial charge in [0.2, 0.25) is 10.0 Å². The number of nitrogens with zero attached hydrogens (tertiary/aromatic N) is 2. The summed E-state index contributed by atoms with van der Waals surface area (Å²) in [6.07, 6.45) is 0.483. The van der Waals surface area contributed by atoms with Crippen molar-refractivity contribution in [1.29, 1.82) is 0 Å². The second-order valence-corrected chi connectivity index (χ2v) is 8.04. The van der Waals surface area contributed by atoms with Gasteiger partial charge in [0.25, 0.3) is 0 Å². The summed E-state index contributed by atoms with van der Waals surface area (Å²) in [5, 5.41) is -0.456. The number of hydrogen-bond acceptors (Lipinski definition) is 3. The van der Waals surface area contributed by atoms with Gasteiger partial charge >= 0.3 is 6.18 Å². The van der Waals surface area contributed by atoms with Crippen LogP contribution in [-0.4, -0.2) is 24.5 Å². The smallest absolute Gasteiger partial charge is 0.335 e. The Bertz CT molecular complexity index is 880. The van der Waals surface area contributed by atoms with E-state index in [1.807, 2.05) is 10.8 Å². The summed E-state index contributed by atoms with van der Waals surface area (Å²) in [7, 11) is -3.99. The summed E-state index contributed by atoms with van der Waals surface area (Å²) in [5.74, 6) is 1.04. The highest BCUT2D eigenvalue weighted by atomic mass is 35.5. The Morgan fingerprint density at radius 2 is 2.12 bits per heavy atom. The van der Waals surface area contributed by atoms with E-state index in [1.165, 1.54) is 0 Å². The molecule has 10 heteroatoms. The van der Waals surface area contributed by atoms with Gasteiger partial charge in [-0.3, -0.25) is 0 Å². The Labute approximate surface area is 147 Å². The fourth-order valence-corrected chi connectivity index (χ4v) is 4.46. The highest BCUT2D eigenvalue weighted by Gasteiger charge is 2.32. The van der Waals surface area contributed by atoms with Crippen molar-refractivity contribution in [3.8, 4) is 0 Å². The summed E-state index contributed by atoms with van der Waals surface area (Å²) in [5.41, 5.74) is -0.989. The van der Waals surface area contributed by atoms with Crippen molar-refractivity contribution in [2.45, 2.75) is 30.5 Å². The lowest BCUT2D eigenvalue weighted by Crippen LogP contribution is -2.33. The van der Waals surface area contributed by atoms with Gasteiger partial charge in [0.15, 0.2) is 0 Å². The van der Waals surface area contributed by atoms with E-state index < -0.39 is 26.8 Å². The Morgan fingerprint density at radius 3 is 2.80 bits per heavy atom. The van der Waals surface area contributed by atoms with Gasteiger partial charge in [-0.05, 0) is 30.5 Å². The quantitative estimate of drug-likeness (QED) is 0.868. The number of rotatable bonds is 4. The molecule has 1 aliphatic rings.